The van der Waals surface area contributed by atoms with E-state index in [4.69, 9.17) is 11.6 Å². The highest BCUT2D eigenvalue weighted by molar-refractivity contribution is 6.18. The lowest BCUT2D eigenvalue weighted by atomic mass is 9.85. The van der Waals surface area contributed by atoms with E-state index in [1.165, 1.54) is 38.6 Å². The minimum Gasteiger partial charge on any atom is -0.296 e. The molecule has 0 aromatic rings. The van der Waals surface area contributed by atoms with Crippen LogP contribution in [0.15, 0.2) is 12.2 Å². The van der Waals surface area contributed by atoms with Crippen LogP contribution in [0.1, 0.15) is 32.1 Å². The van der Waals surface area contributed by atoms with Crippen LogP contribution >= 0.6 is 11.6 Å². The highest BCUT2D eigenvalue weighted by Crippen LogP contribution is 2.35. The van der Waals surface area contributed by atoms with Gasteiger partial charge in [-0.15, -0.1) is 11.6 Å². The summed E-state index contributed by atoms with van der Waals surface area (Å²) in [6.45, 7) is 2.43. The van der Waals surface area contributed by atoms with Crippen molar-refractivity contribution in [3.8, 4) is 0 Å². The zero-order valence-corrected chi connectivity index (χ0v) is 9.55. The zero-order valence-electron chi connectivity index (χ0n) is 8.79. The predicted molar refractivity (Wildman–Crippen MR) is 61.8 cm³/mol. The van der Waals surface area contributed by atoms with Gasteiger partial charge in [0, 0.05) is 18.5 Å². The van der Waals surface area contributed by atoms with E-state index in [0.29, 0.717) is 5.88 Å². The number of allylic oxidation sites excluding steroid dienone is 1. The van der Waals surface area contributed by atoms with E-state index in [-0.39, 0.29) is 0 Å². The Morgan fingerprint density at radius 2 is 2.00 bits per heavy atom. The molecule has 2 rings (SSSR count). The van der Waals surface area contributed by atoms with Crippen LogP contribution in [0.25, 0.3) is 0 Å². The van der Waals surface area contributed by atoms with E-state index >= 15 is 0 Å². The quantitative estimate of drug-likeness (QED) is 0.515. The Morgan fingerprint density at radius 1 is 1.14 bits per heavy atom. The lowest BCUT2D eigenvalue weighted by Crippen LogP contribution is -2.34. The maximum atomic E-state index is 5.62. The summed E-state index contributed by atoms with van der Waals surface area (Å²) in [5.74, 6) is 1.66. The molecule has 0 bridgehead atoms. The monoisotopic (exact) mass is 213 g/mol. The average molecular weight is 214 g/mol. The van der Waals surface area contributed by atoms with Crippen molar-refractivity contribution in [3.63, 3.8) is 0 Å². The van der Waals surface area contributed by atoms with Crippen LogP contribution in [0.5, 0.6) is 0 Å². The van der Waals surface area contributed by atoms with E-state index in [1.807, 2.05) is 0 Å². The molecule has 14 heavy (non-hydrogen) atoms. The van der Waals surface area contributed by atoms with Gasteiger partial charge in [-0.05, 0) is 31.7 Å². The van der Waals surface area contributed by atoms with Crippen LogP contribution in [0.3, 0.4) is 0 Å². The summed E-state index contributed by atoms with van der Waals surface area (Å²) in [5.41, 5.74) is 0. The lowest BCUT2D eigenvalue weighted by Gasteiger charge is -2.30. The number of hydrogen-bond donors (Lipinski definition) is 0. The SMILES string of the molecule is ClC/C=C/CN1CCC2CCCCC21. The molecular formula is C12H20ClN. The molecule has 0 amide bonds. The minimum atomic E-state index is 0.655. The van der Waals surface area contributed by atoms with E-state index in [0.717, 1.165) is 18.5 Å². The summed E-state index contributed by atoms with van der Waals surface area (Å²) in [5, 5.41) is 0. The van der Waals surface area contributed by atoms with Gasteiger partial charge < -0.3 is 0 Å². The third-order valence-corrected chi connectivity index (χ3v) is 3.90. The zero-order chi connectivity index (χ0) is 9.80. The molecule has 2 aliphatic rings. The van der Waals surface area contributed by atoms with Gasteiger partial charge in [0.25, 0.3) is 0 Å². The molecule has 1 nitrogen and oxygen atoms in total. The van der Waals surface area contributed by atoms with E-state index in [2.05, 4.69) is 17.1 Å². The third kappa shape index (κ3) is 2.32. The van der Waals surface area contributed by atoms with Gasteiger partial charge in [0.2, 0.25) is 0 Å². The van der Waals surface area contributed by atoms with Crippen LogP contribution in [0.4, 0.5) is 0 Å². The molecule has 2 fully saturated rings. The van der Waals surface area contributed by atoms with Gasteiger partial charge in [-0.25, -0.2) is 0 Å². The fourth-order valence-corrected chi connectivity index (χ4v) is 3.13. The molecule has 0 spiro atoms. The van der Waals surface area contributed by atoms with Gasteiger partial charge in [0.1, 0.15) is 0 Å². The standard InChI is InChI=1S/C12H20ClN/c13-8-3-4-9-14-10-7-11-5-1-2-6-12(11)14/h3-4,11-12H,1-2,5-10H2/b4-3+. The molecule has 0 aromatic carbocycles. The van der Waals surface area contributed by atoms with Gasteiger partial charge in [-0.1, -0.05) is 25.0 Å². The smallest absolute Gasteiger partial charge is 0.0404 e. The second-order valence-electron chi connectivity index (χ2n) is 4.52. The summed E-state index contributed by atoms with van der Waals surface area (Å²) < 4.78 is 0. The summed E-state index contributed by atoms with van der Waals surface area (Å²) in [4.78, 5) is 2.65. The van der Waals surface area contributed by atoms with Gasteiger partial charge in [0.15, 0.2) is 0 Å². The Kier molecular flexibility index (Phi) is 3.89. The van der Waals surface area contributed by atoms with Crippen LogP contribution in [-0.4, -0.2) is 29.9 Å². The largest absolute Gasteiger partial charge is 0.296 e. The lowest BCUT2D eigenvalue weighted by molar-refractivity contribution is 0.198. The normalized spacial score (nSPS) is 33.8. The maximum absolute atomic E-state index is 5.62. The molecule has 1 heterocycles. The summed E-state index contributed by atoms with van der Waals surface area (Å²) in [6, 6.07) is 0.892. The Balaban J connectivity index is 1.84. The Bertz CT molecular complexity index is 202. The van der Waals surface area contributed by atoms with E-state index in [1.54, 1.807) is 0 Å². The topological polar surface area (TPSA) is 3.24 Å². The molecule has 1 aliphatic heterocycles. The van der Waals surface area contributed by atoms with Crippen molar-refractivity contribution in [2.24, 2.45) is 5.92 Å². The summed E-state index contributed by atoms with van der Waals surface area (Å²) in [6.07, 6.45) is 11.5. The highest BCUT2D eigenvalue weighted by Gasteiger charge is 2.34. The Hall–Kier alpha value is -0.0100. The van der Waals surface area contributed by atoms with Crippen LogP contribution in [0.2, 0.25) is 0 Å². The molecule has 0 radical (unpaired) electrons. The van der Waals surface area contributed by atoms with Gasteiger partial charge in [-0.3, -0.25) is 4.90 Å². The van der Waals surface area contributed by atoms with Gasteiger partial charge in [-0.2, -0.15) is 0 Å². The molecule has 2 unspecified atom stereocenters. The average Bonchev–Trinajstić information content (AvgIpc) is 2.63. The number of halogens is 1. The Morgan fingerprint density at radius 3 is 2.86 bits per heavy atom. The maximum Gasteiger partial charge on any atom is 0.0404 e. The van der Waals surface area contributed by atoms with Crippen LogP contribution in [-0.2, 0) is 0 Å². The van der Waals surface area contributed by atoms with Gasteiger partial charge >= 0.3 is 0 Å². The molecule has 2 atom stereocenters. The van der Waals surface area contributed by atoms with Crippen LogP contribution in [0, 0.1) is 5.92 Å². The first-order valence-electron chi connectivity index (χ1n) is 5.87. The molecule has 0 aromatic heterocycles. The Labute approximate surface area is 92.1 Å². The fourth-order valence-electron chi connectivity index (χ4n) is 3.00. The first kappa shape index (κ1) is 10.5. The van der Waals surface area contributed by atoms with Crippen LogP contribution < -0.4 is 0 Å². The van der Waals surface area contributed by atoms with Crippen molar-refractivity contribution >= 4 is 11.6 Å². The second-order valence-corrected chi connectivity index (χ2v) is 4.83. The highest BCUT2D eigenvalue weighted by atomic mass is 35.5. The van der Waals surface area contributed by atoms with Crippen molar-refractivity contribution in [1.29, 1.82) is 0 Å². The first-order valence-corrected chi connectivity index (χ1v) is 6.40. The van der Waals surface area contributed by atoms with Crippen molar-refractivity contribution in [3.05, 3.63) is 12.2 Å². The molecular weight excluding hydrogens is 194 g/mol. The number of fused-ring (bicyclic) bond motifs is 1. The van der Waals surface area contributed by atoms with Crippen molar-refractivity contribution < 1.29 is 0 Å². The van der Waals surface area contributed by atoms with Crippen molar-refractivity contribution in [2.75, 3.05) is 19.0 Å². The molecule has 80 valence electrons. The molecule has 0 N–H and O–H groups in total. The number of nitrogens with zero attached hydrogens (tertiary/aromatic N) is 1. The van der Waals surface area contributed by atoms with Crippen molar-refractivity contribution in [2.45, 2.75) is 38.1 Å². The fraction of sp³-hybridized carbons (Fsp3) is 0.833. The summed E-state index contributed by atoms with van der Waals surface area (Å²) in [7, 11) is 0. The van der Waals surface area contributed by atoms with E-state index in [9.17, 15) is 0 Å². The summed E-state index contributed by atoms with van der Waals surface area (Å²) >= 11 is 5.62. The molecule has 2 heteroatoms. The number of rotatable bonds is 3. The first-order chi connectivity index (χ1) is 6.92. The van der Waals surface area contributed by atoms with Crippen molar-refractivity contribution in [1.82, 2.24) is 4.90 Å². The second kappa shape index (κ2) is 5.18. The molecule has 1 saturated heterocycles. The van der Waals surface area contributed by atoms with Gasteiger partial charge in [0.05, 0.1) is 0 Å². The number of hydrogen-bond acceptors (Lipinski definition) is 1. The predicted octanol–water partition coefficient (Wildman–Crippen LogP) is 3.05. The molecule has 1 aliphatic carbocycles. The minimum absolute atomic E-state index is 0.655. The third-order valence-electron chi connectivity index (χ3n) is 3.72. The van der Waals surface area contributed by atoms with E-state index < -0.39 is 0 Å². The number of likely N-dealkylation sites (tertiary alicyclic amines) is 1. The molecule has 1 saturated carbocycles. The number of alkyl halides is 1.